The number of amides is 3. The third kappa shape index (κ3) is 3.72. The fourth-order valence-electron chi connectivity index (χ4n) is 2.66. The molecular weight excluding hydrogens is 337 g/mol. The first kappa shape index (κ1) is 17.6. The van der Waals surface area contributed by atoms with Crippen LogP contribution in [0.5, 0.6) is 0 Å². The minimum absolute atomic E-state index is 0.114. The number of carbonyl (C=O) groups excluding carboxylic acids is 3. The van der Waals surface area contributed by atoms with E-state index in [4.69, 9.17) is 0 Å². The molecule has 1 N–H and O–H groups in total. The summed E-state index contributed by atoms with van der Waals surface area (Å²) in [6.07, 6.45) is 0. The number of hydrogen-bond donors (Lipinski definition) is 1. The number of benzene rings is 2. The fraction of sp³-hybridized carbons (Fsp3) is 0.211. The number of piperazine rings is 1. The molecule has 3 rings (SSSR count). The van der Waals surface area contributed by atoms with Gasteiger partial charge in [0.25, 0.3) is 5.91 Å². The van der Waals surface area contributed by atoms with E-state index in [1.165, 1.54) is 21.9 Å². The molecule has 3 amide bonds. The standard InChI is InChI=1S/C19H18FN3O3/c1-22-10-11-23(19(26)18(22)25)12-13-6-8-14(9-7-13)17(24)21-16-5-3-2-4-15(16)20/h2-9H,10-12H2,1H3,(H,21,24). The molecule has 0 spiro atoms. The first-order chi connectivity index (χ1) is 12.5. The molecule has 1 aliphatic heterocycles. The molecule has 0 atom stereocenters. The van der Waals surface area contributed by atoms with Crippen LogP contribution in [0.3, 0.4) is 0 Å². The van der Waals surface area contributed by atoms with Gasteiger partial charge in [0.05, 0.1) is 5.69 Å². The smallest absolute Gasteiger partial charge is 0.312 e. The summed E-state index contributed by atoms with van der Waals surface area (Å²) in [6.45, 7) is 1.26. The van der Waals surface area contributed by atoms with Crippen LogP contribution in [-0.4, -0.2) is 47.7 Å². The van der Waals surface area contributed by atoms with Gasteiger partial charge in [-0.2, -0.15) is 0 Å². The van der Waals surface area contributed by atoms with Crippen LogP contribution in [0.25, 0.3) is 0 Å². The van der Waals surface area contributed by atoms with Gasteiger partial charge in [0.1, 0.15) is 5.82 Å². The van der Waals surface area contributed by atoms with Crippen molar-refractivity contribution in [2.45, 2.75) is 6.54 Å². The molecule has 1 saturated heterocycles. The Balaban J connectivity index is 1.65. The molecule has 0 aromatic heterocycles. The number of likely N-dealkylation sites (N-methyl/N-ethyl adjacent to an activating group) is 1. The Labute approximate surface area is 150 Å². The van der Waals surface area contributed by atoms with Gasteiger partial charge in [0.2, 0.25) is 0 Å². The van der Waals surface area contributed by atoms with Gasteiger partial charge in [0, 0.05) is 32.2 Å². The summed E-state index contributed by atoms with van der Waals surface area (Å²) in [5.74, 6) is -1.97. The van der Waals surface area contributed by atoms with E-state index in [0.717, 1.165) is 5.56 Å². The lowest BCUT2D eigenvalue weighted by atomic mass is 10.1. The van der Waals surface area contributed by atoms with Crippen LogP contribution in [0.1, 0.15) is 15.9 Å². The van der Waals surface area contributed by atoms with E-state index >= 15 is 0 Å². The largest absolute Gasteiger partial charge is 0.336 e. The van der Waals surface area contributed by atoms with Crippen molar-refractivity contribution < 1.29 is 18.8 Å². The first-order valence-electron chi connectivity index (χ1n) is 8.15. The highest BCUT2D eigenvalue weighted by Crippen LogP contribution is 2.15. The van der Waals surface area contributed by atoms with Gasteiger partial charge in [-0.15, -0.1) is 0 Å². The van der Waals surface area contributed by atoms with Crippen molar-refractivity contribution in [3.63, 3.8) is 0 Å². The first-order valence-corrected chi connectivity index (χ1v) is 8.15. The summed E-state index contributed by atoms with van der Waals surface area (Å²) in [5.41, 5.74) is 1.29. The second-order valence-electron chi connectivity index (χ2n) is 6.08. The quantitative estimate of drug-likeness (QED) is 0.852. The number of rotatable bonds is 4. The highest BCUT2D eigenvalue weighted by Gasteiger charge is 2.30. The van der Waals surface area contributed by atoms with E-state index in [0.29, 0.717) is 25.2 Å². The third-order valence-corrected chi connectivity index (χ3v) is 4.23. The van der Waals surface area contributed by atoms with E-state index in [1.54, 1.807) is 43.4 Å². The molecule has 1 aliphatic rings. The van der Waals surface area contributed by atoms with Crippen molar-refractivity contribution >= 4 is 23.4 Å². The van der Waals surface area contributed by atoms with Crippen molar-refractivity contribution in [2.24, 2.45) is 0 Å². The van der Waals surface area contributed by atoms with Gasteiger partial charge in [-0.05, 0) is 29.8 Å². The minimum atomic E-state index is -0.528. The zero-order chi connectivity index (χ0) is 18.7. The molecule has 134 valence electrons. The number of hydrogen-bond acceptors (Lipinski definition) is 3. The van der Waals surface area contributed by atoms with Crippen molar-refractivity contribution in [3.05, 3.63) is 65.5 Å². The maximum absolute atomic E-state index is 13.6. The minimum Gasteiger partial charge on any atom is -0.336 e. The molecule has 6 nitrogen and oxygen atoms in total. The van der Waals surface area contributed by atoms with Crippen molar-refractivity contribution in [2.75, 3.05) is 25.5 Å². The van der Waals surface area contributed by atoms with Crippen molar-refractivity contribution in [1.29, 1.82) is 0 Å². The lowest BCUT2D eigenvalue weighted by Crippen LogP contribution is -2.52. The summed E-state index contributed by atoms with van der Waals surface area (Å²) in [7, 11) is 1.60. The van der Waals surface area contributed by atoms with Gasteiger partial charge in [-0.3, -0.25) is 14.4 Å². The van der Waals surface area contributed by atoms with E-state index in [1.807, 2.05) is 0 Å². The van der Waals surface area contributed by atoms with Crippen LogP contribution < -0.4 is 5.32 Å². The summed E-state index contributed by atoms with van der Waals surface area (Å²) in [4.78, 5) is 38.8. The van der Waals surface area contributed by atoms with Crippen molar-refractivity contribution in [1.82, 2.24) is 9.80 Å². The topological polar surface area (TPSA) is 69.7 Å². The number of halogens is 1. The predicted octanol–water partition coefficient (Wildman–Crippen LogP) is 1.88. The summed E-state index contributed by atoms with van der Waals surface area (Å²) in [5, 5.41) is 2.52. The summed E-state index contributed by atoms with van der Waals surface area (Å²) < 4.78 is 13.6. The Morgan fingerprint density at radius 2 is 1.73 bits per heavy atom. The van der Waals surface area contributed by atoms with Crippen LogP contribution in [0, 0.1) is 5.82 Å². The Morgan fingerprint density at radius 3 is 2.42 bits per heavy atom. The third-order valence-electron chi connectivity index (χ3n) is 4.23. The second-order valence-corrected chi connectivity index (χ2v) is 6.08. The van der Waals surface area contributed by atoms with Crippen LogP contribution in [-0.2, 0) is 16.1 Å². The highest BCUT2D eigenvalue weighted by atomic mass is 19.1. The average Bonchev–Trinajstić information content (AvgIpc) is 2.64. The maximum atomic E-state index is 13.6. The molecule has 1 heterocycles. The normalized spacial score (nSPS) is 14.5. The second kappa shape index (κ2) is 7.35. The molecule has 0 unspecified atom stereocenters. The molecule has 2 aromatic rings. The molecule has 1 fully saturated rings. The summed E-state index contributed by atoms with van der Waals surface area (Å²) in [6, 6.07) is 12.6. The predicted molar refractivity (Wildman–Crippen MR) is 93.8 cm³/mol. The van der Waals surface area contributed by atoms with Crippen LogP contribution in [0.2, 0.25) is 0 Å². The number of anilines is 1. The molecule has 26 heavy (non-hydrogen) atoms. The van der Waals surface area contributed by atoms with Gasteiger partial charge in [-0.25, -0.2) is 4.39 Å². The Hall–Kier alpha value is -3.22. The SMILES string of the molecule is CN1CCN(Cc2ccc(C(=O)Nc3ccccc3F)cc2)C(=O)C1=O. The van der Waals surface area contributed by atoms with Crippen LogP contribution in [0.15, 0.2) is 48.5 Å². The van der Waals surface area contributed by atoms with Gasteiger partial charge in [0.15, 0.2) is 0 Å². The van der Waals surface area contributed by atoms with Gasteiger partial charge in [-0.1, -0.05) is 24.3 Å². The average molecular weight is 355 g/mol. The number of nitrogens with one attached hydrogen (secondary N) is 1. The van der Waals surface area contributed by atoms with Crippen molar-refractivity contribution in [3.8, 4) is 0 Å². The fourth-order valence-corrected chi connectivity index (χ4v) is 2.66. The Morgan fingerprint density at radius 1 is 1.04 bits per heavy atom. The number of carbonyl (C=O) groups is 3. The zero-order valence-electron chi connectivity index (χ0n) is 14.2. The Kier molecular flexibility index (Phi) is 4.97. The molecule has 0 saturated carbocycles. The molecule has 0 radical (unpaired) electrons. The van der Waals surface area contributed by atoms with Crippen LogP contribution >= 0.6 is 0 Å². The molecule has 0 bridgehead atoms. The maximum Gasteiger partial charge on any atom is 0.312 e. The molecule has 0 aliphatic carbocycles. The number of nitrogens with zero attached hydrogens (tertiary/aromatic N) is 2. The number of para-hydroxylation sites is 1. The zero-order valence-corrected chi connectivity index (χ0v) is 14.2. The van der Waals surface area contributed by atoms with Gasteiger partial charge < -0.3 is 15.1 Å². The van der Waals surface area contributed by atoms with Crippen LogP contribution in [0.4, 0.5) is 10.1 Å². The molecular formula is C19H18FN3O3. The summed E-state index contributed by atoms with van der Waals surface area (Å²) >= 11 is 0. The van der Waals surface area contributed by atoms with E-state index in [-0.39, 0.29) is 5.69 Å². The van der Waals surface area contributed by atoms with E-state index < -0.39 is 23.5 Å². The lowest BCUT2D eigenvalue weighted by Gasteiger charge is -2.31. The van der Waals surface area contributed by atoms with Gasteiger partial charge >= 0.3 is 11.8 Å². The highest BCUT2D eigenvalue weighted by molar-refractivity contribution is 6.35. The molecule has 7 heteroatoms. The lowest BCUT2D eigenvalue weighted by molar-refractivity contribution is -0.155. The monoisotopic (exact) mass is 355 g/mol. The van der Waals surface area contributed by atoms with E-state index in [9.17, 15) is 18.8 Å². The Bertz CT molecular complexity index is 851. The van der Waals surface area contributed by atoms with E-state index in [2.05, 4.69) is 5.32 Å². The molecule has 2 aromatic carbocycles.